The van der Waals surface area contributed by atoms with Crippen molar-refractivity contribution >= 4 is 11.7 Å². The highest BCUT2D eigenvalue weighted by molar-refractivity contribution is 5.99. The number of aryl methyl sites for hydroxylation is 1. The summed E-state index contributed by atoms with van der Waals surface area (Å²) in [6, 6.07) is 13.1. The Morgan fingerprint density at radius 1 is 1.00 bits per heavy atom. The molecule has 4 heteroatoms. The molecule has 0 aromatic heterocycles. The van der Waals surface area contributed by atoms with Gasteiger partial charge < -0.3 is 4.90 Å². The average Bonchev–Trinajstić information content (AvgIpc) is 2.62. The molecule has 0 saturated carbocycles. The first-order valence-corrected chi connectivity index (χ1v) is 8.20. The number of carbonyl (C=O) groups is 2. The van der Waals surface area contributed by atoms with E-state index in [9.17, 15) is 14.0 Å². The Balaban J connectivity index is 1.71. The minimum Gasteiger partial charge on any atom is -0.338 e. The van der Waals surface area contributed by atoms with E-state index in [1.54, 1.807) is 4.90 Å². The number of Topliss-reactive ketones (excluding diaryl/α,β-unsaturated/α-hetero) is 1. The van der Waals surface area contributed by atoms with Gasteiger partial charge in [-0.15, -0.1) is 0 Å². The standard InChI is InChI=1S/C20H20FNO2/c1-14-4-6-16(7-5-14)20(24)22-12-2-3-17(13-22)19(23)15-8-10-18(21)11-9-15/h4-11,17H,2-3,12-13H2,1H3. The van der Waals surface area contributed by atoms with Crippen LogP contribution >= 0.6 is 0 Å². The maximum atomic E-state index is 13.0. The van der Waals surface area contributed by atoms with E-state index in [-0.39, 0.29) is 23.4 Å². The van der Waals surface area contributed by atoms with Gasteiger partial charge in [0.2, 0.25) is 0 Å². The molecule has 124 valence electrons. The number of carbonyl (C=O) groups excluding carboxylic acids is 2. The van der Waals surface area contributed by atoms with Crippen LogP contribution in [0.1, 0.15) is 39.1 Å². The van der Waals surface area contributed by atoms with Gasteiger partial charge in [-0.25, -0.2) is 4.39 Å². The minimum atomic E-state index is -0.355. The summed E-state index contributed by atoms with van der Waals surface area (Å²) in [5.74, 6) is -0.631. The Labute approximate surface area is 141 Å². The molecule has 24 heavy (non-hydrogen) atoms. The summed E-state index contributed by atoms with van der Waals surface area (Å²) in [6.45, 7) is 3.06. The molecule has 0 radical (unpaired) electrons. The first-order valence-electron chi connectivity index (χ1n) is 8.20. The van der Waals surface area contributed by atoms with Crippen molar-refractivity contribution in [2.45, 2.75) is 19.8 Å². The molecule has 1 saturated heterocycles. The van der Waals surface area contributed by atoms with Crippen LogP contribution in [-0.4, -0.2) is 29.7 Å². The summed E-state index contributed by atoms with van der Waals surface area (Å²) in [4.78, 5) is 27.0. The zero-order valence-corrected chi connectivity index (χ0v) is 13.7. The number of rotatable bonds is 3. The molecule has 1 unspecified atom stereocenters. The molecule has 0 bridgehead atoms. The lowest BCUT2D eigenvalue weighted by Gasteiger charge is -2.32. The van der Waals surface area contributed by atoms with Crippen molar-refractivity contribution < 1.29 is 14.0 Å². The molecule has 0 N–H and O–H groups in total. The van der Waals surface area contributed by atoms with Gasteiger partial charge in [-0.3, -0.25) is 9.59 Å². The number of ketones is 1. The summed E-state index contributed by atoms with van der Waals surface area (Å²) in [5, 5.41) is 0. The number of halogens is 1. The number of likely N-dealkylation sites (tertiary alicyclic amines) is 1. The largest absolute Gasteiger partial charge is 0.338 e. The van der Waals surface area contributed by atoms with Crippen LogP contribution in [0.15, 0.2) is 48.5 Å². The summed E-state index contributed by atoms with van der Waals surface area (Å²) < 4.78 is 13.0. The predicted octanol–water partition coefficient (Wildman–Crippen LogP) is 3.87. The van der Waals surface area contributed by atoms with E-state index in [0.717, 1.165) is 18.4 Å². The van der Waals surface area contributed by atoms with Crippen molar-refractivity contribution in [3.8, 4) is 0 Å². The monoisotopic (exact) mass is 325 g/mol. The van der Waals surface area contributed by atoms with E-state index in [0.29, 0.717) is 24.2 Å². The number of nitrogens with zero attached hydrogens (tertiary/aromatic N) is 1. The number of piperidine rings is 1. The van der Waals surface area contributed by atoms with Crippen LogP contribution < -0.4 is 0 Å². The number of hydrogen-bond acceptors (Lipinski definition) is 2. The van der Waals surface area contributed by atoms with Crippen LogP contribution in [0.4, 0.5) is 4.39 Å². The SMILES string of the molecule is Cc1ccc(C(=O)N2CCCC(C(=O)c3ccc(F)cc3)C2)cc1. The lowest BCUT2D eigenvalue weighted by Crippen LogP contribution is -2.42. The third-order valence-corrected chi connectivity index (χ3v) is 4.51. The first kappa shape index (κ1) is 16.4. The highest BCUT2D eigenvalue weighted by Gasteiger charge is 2.29. The maximum absolute atomic E-state index is 13.0. The average molecular weight is 325 g/mol. The molecule has 3 nitrogen and oxygen atoms in total. The fourth-order valence-corrected chi connectivity index (χ4v) is 3.10. The molecule has 1 fully saturated rings. The minimum absolute atomic E-state index is 0.0172. The van der Waals surface area contributed by atoms with Gasteiger partial charge >= 0.3 is 0 Å². The van der Waals surface area contributed by atoms with E-state index in [2.05, 4.69) is 0 Å². The molecule has 1 aliphatic heterocycles. The zero-order chi connectivity index (χ0) is 17.1. The summed E-state index contributed by atoms with van der Waals surface area (Å²) in [6.07, 6.45) is 1.56. The lowest BCUT2D eigenvalue weighted by molar-refractivity contribution is 0.0637. The van der Waals surface area contributed by atoms with Gasteiger partial charge in [-0.2, -0.15) is 0 Å². The van der Waals surface area contributed by atoms with E-state index in [1.165, 1.54) is 24.3 Å². The summed E-state index contributed by atoms with van der Waals surface area (Å²) in [7, 11) is 0. The molecule has 2 aromatic carbocycles. The van der Waals surface area contributed by atoms with Crippen molar-refractivity contribution in [3.63, 3.8) is 0 Å². The van der Waals surface area contributed by atoms with Gasteiger partial charge in [0.15, 0.2) is 5.78 Å². The second-order valence-corrected chi connectivity index (χ2v) is 6.33. The Morgan fingerprint density at radius 3 is 2.29 bits per heavy atom. The van der Waals surface area contributed by atoms with E-state index < -0.39 is 0 Å². The predicted molar refractivity (Wildman–Crippen MR) is 90.5 cm³/mol. The van der Waals surface area contributed by atoms with Gasteiger partial charge in [0.1, 0.15) is 5.82 Å². The van der Waals surface area contributed by atoms with Gasteiger partial charge in [-0.05, 0) is 56.2 Å². The third-order valence-electron chi connectivity index (χ3n) is 4.51. The molecule has 1 aliphatic rings. The normalized spacial score (nSPS) is 17.6. The van der Waals surface area contributed by atoms with Crippen molar-refractivity contribution in [1.82, 2.24) is 4.90 Å². The lowest BCUT2D eigenvalue weighted by atomic mass is 9.89. The molecule has 2 aromatic rings. The van der Waals surface area contributed by atoms with E-state index in [1.807, 2.05) is 31.2 Å². The van der Waals surface area contributed by atoms with Gasteiger partial charge in [0, 0.05) is 30.1 Å². The number of benzene rings is 2. The van der Waals surface area contributed by atoms with Crippen LogP contribution in [0.25, 0.3) is 0 Å². The van der Waals surface area contributed by atoms with Crippen molar-refractivity contribution in [3.05, 3.63) is 71.0 Å². The fourth-order valence-electron chi connectivity index (χ4n) is 3.10. The maximum Gasteiger partial charge on any atom is 0.253 e. The Morgan fingerprint density at radius 2 is 1.62 bits per heavy atom. The fraction of sp³-hybridized carbons (Fsp3) is 0.300. The summed E-state index contributed by atoms with van der Waals surface area (Å²) >= 11 is 0. The Hall–Kier alpha value is -2.49. The van der Waals surface area contributed by atoms with Crippen molar-refractivity contribution in [2.24, 2.45) is 5.92 Å². The van der Waals surface area contributed by atoms with Gasteiger partial charge in [0.25, 0.3) is 5.91 Å². The second-order valence-electron chi connectivity index (χ2n) is 6.33. The first-order chi connectivity index (χ1) is 11.5. The number of hydrogen-bond donors (Lipinski definition) is 0. The molecule has 1 heterocycles. The quantitative estimate of drug-likeness (QED) is 0.803. The zero-order valence-electron chi connectivity index (χ0n) is 13.7. The third kappa shape index (κ3) is 3.53. The highest BCUT2D eigenvalue weighted by Crippen LogP contribution is 2.22. The van der Waals surface area contributed by atoms with Crippen LogP contribution in [-0.2, 0) is 0 Å². The van der Waals surface area contributed by atoms with Crippen LogP contribution in [0, 0.1) is 18.7 Å². The second kappa shape index (κ2) is 6.95. The molecular formula is C20H20FNO2. The van der Waals surface area contributed by atoms with E-state index in [4.69, 9.17) is 0 Å². The Bertz CT molecular complexity index is 674. The smallest absolute Gasteiger partial charge is 0.253 e. The van der Waals surface area contributed by atoms with Crippen LogP contribution in [0.5, 0.6) is 0 Å². The molecule has 0 aliphatic carbocycles. The molecule has 0 spiro atoms. The summed E-state index contributed by atoms with van der Waals surface area (Å²) in [5.41, 5.74) is 2.26. The molecule has 3 rings (SSSR count). The topological polar surface area (TPSA) is 37.4 Å². The molecular weight excluding hydrogens is 305 g/mol. The van der Waals surface area contributed by atoms with Crippen molar-refractivity contribution in [1.29, 1.82) is 0 Å². The van der Waals surface area contributed by atoms with E-state index >= 15 is 0 Å². The van der Waals surface area contributed by atoms with Gasteiger partial charge in [0.05, 0.1) is 0 Å². The molecule has 1 atom stereocenters. The number of amides is 1. The van der Waals surface area contributed by atoms with Crippen LogP contribution in [0.3, 0.4) is 0 Å². The van der Waals surface area contributed by atoms with Crippen molar-refractivity contribution in [2.75, 3.05) is 13.1 Å². The highest BCUT2D eigenvalue weighted by atomic mass is 19.1. The van der Waals surface area contributed by atoms with Crippen LogP contribution in [0.2, 0.25) is 0 Å². The Kier molecular flexibility index (Phi) is 4.74. The molecule has 1 amide bonds. The van der Waals surface area contributed by atoms with Gasteiger partial charge in [-0.1, -0.05) is 17.7 Å².